The summed E-state index contributed by atoms with van der Waals surface area (Å²) >= 11 is 0. The maximum atomic E-state index is 6.42. The van der Waals surface area contributed by atoms with Crippen LogP contribution in [0.5, 0.6) is 17.4 Å². The summed E-state index contributed by atoms with van der Waals surface area (Å²) in [4.78, 5) is 22.8. The van der Waals surface area contributed by atoms with Crippen molar-refractivity contribution in [3.05, 3.63) is 48.9 Å². The summed E-state index contributed by atoms with van der Waals surface area (Å²) in [5.74, 6) is 2.66. The van der Waals surface area contributed by atoms with Crippen LogP contribution in [0.1, 0.15) is 6.92 Å². The van der Waals surface area contributed by atoms with Crippen LogP contribution in [0, 0.1) is 0 Å². The van der Waals surface area contributed by atoms with Gasteiger partial charge in [0.25, 0.3) is 0 Å². The number of likely N-dealkylation sites (N-methyl/N-ethyl adjacent to an activating group) is 1. The number of benzene rings is 2. The maximum absolute atomic E-state index is 6.42. The highest BCUT2D eigenvalue weighted by atomic mass is 16.5. The lowest BCUT2D eigenvalue weighted by Gasteiger charge is -2.27. The van der Waals surface area contributed by atoms with E-state index in [9.17, 15) is 0 Å². The van der Waals surface area contributed by atoms with Gasteiger partial charge in [-0.1, -0.05) is 19.1 Å². The zero-order chi connectivity index (χ0) is 23.7. The Hall–Kier alpha value is -3.72. The van der Waals surface area contributed by atoms with Crippen molar-refractivity contribution < 1.29 is 14.2 Å². The number of rotatable bonds is 7. The van der Waals surface area contributed by atoms with Crippen LogP contribution in [-0.4, -0.2) is 77.9 Å². The third-order valence-electron chi connectivity index (χ3n) is 6.42. The summed E-state index contributed by atoms with van der Waals surface area (Å²) < 4.78 is 17.4. The molecule has 34 heavy (non-hydrogen) atoms. The second-order valence-electron chi connectivity index (χ2n) is 8.32. The number of fused-ring (bicyclic) bond motifs is 2. The van der Waals surface area contributed by atoms with Crippen LogP contribution in [0.25, 0.3) is 21.9 Å². The molecule has 1 aliphatic heterocycles. The first-order valence-corrected chi connectivity index (χ1v) is 11.3. The summed E-state index contributed by atoms with van der Waals surface area (Å²) in [6.45, 7) is 4.46. The van der Waals surface area contributed by atoms with E-state index in [0.717, 1.165) is 40.8 Å². The Morgan fingerprint density at radius 1 is 0.971 bits per heavy atom. The highest BCUT2D eigenvalue weighted by Gasteiger charge is 2.38. The Balaban J connectivity index is 1.48. The Kier molecular flexibility index (Phi) is 6.02. The van der Waals surface area contributed by atoms with Crippen molar-refractivity contribution in [1.29, 1.82) is 0 Å². The summed E-state index contributed by atoms with van der Waals surface area (Å²) in [5.41, 5.74) is 2.47. The van der Waals surface area contributed by atoms with Gasteiger partial charge < -0.3 is 19.1 Å². The molecule has 4 aromatic rings. The molecule has 2 aromatic carbocycles. The van der Waals surface area contributed by atoms with E-state index in [2.05, 4.69) is 43.7 Å². The third kappa shape index (κ3) is 4.03. The fourth-order valence-electron chi connectivity index (χ4n) is 4.48. The lowest BCUT2D eigenvalue weighted by Crippen LogP contribution is -2.43. The number of ether oxygens (including phenoxy) is 3. The molecule has 0 saturated carbocycles. The molecule has 1 aliphatic rings. The summed E-state index contributed by atoms with van der Waals surface area (Å²) in [6, 6.07) is 11.8. The van der Waals surface area contributed by atoms with Gasteiger partial charge in [0.05, 0.1) is 49.6 Å². The zero-order valence-electron chi connectivity index (χ0n) is 19.8. The number of anilines is 1. The van der Waals surface area contributed by atoms with Gasteiger partial charge in [-0.15, -0.1) is 0 Å². The van der Waals surface area contributed by atoms with Gasteiger partial charge in [-0.3, -0.25) is 4.90 Å². The van der Waals surface area contributed by atoms with Gasteiger partial charge in [0.15, 0.2) is 11.5 Å². The fraction of sp³-hybridized carbons (Fsp3) is 0.360. The quantitative estimate of drug-likeness (QED) is 0.413. The molecule has 2 aromatic heterocycles. The van der Waals surface area contributed by atoms with Crippen molar-refractivity contribution in [3.63, 3.8) is 0 Å². The van der Waals surface area contributed by atoms with Crippen LogP contribution in [0.15, 0.2) is 48.9 Å². The molecule has 2 unspecified atom stereocenters. The van der Waals surface area contributed by atoms with Crippen LogP contribution < -0.4 is 19.1 Å². The monoisotopic (exact) mass is 460 g/mol. The Bertz CT molecular complexity index is 1320. The molecule has 0 aliphatic carbocycles. The number of para-hydroxylation sites is 2. The predicted molar refractivity (Wildman–Crippen MR) is 131 cm³/mol. The van der Waals surface area contributed by atoms with Gasteiger partial charge in [-0.2, -0.15) is 0 Å². The molecule has 0 amide bonds. The first-order chi connectivity index (χ1) is 16.6. The minimum absolute atomic E-state index is 0.106. The Morgan fingerprint density at radius 3 is 2.50 bits per heavy atom. The maximum Gasteiger partial charge on any atom is 0.233 e. The molecule has 2 atom stereocenters. The Morgan fingerprint density at radius 2 is 1.74 bits per heavy atom. The third-order valence-corrected chi connectivity index (χ3v) is 6.42. The minimum Gasteiger partial charge on any atom is -0.493 e. The van der Waals surface area contributed by atoms with E-state index in [1.807, 2.05) is 36.4 Å². The van der Waals surface area contributed by atoms with E-state index >= 15 is 0 Å². The molecule has 0 radical (unpaired) electrons. The topological polar surface area (TPSA) is 85.7 Å². The van der Waals surface area contributed by atoms with Gasteiger partial charge in [0.1, 0.15) is 18.2 Å². The summed E-state index contributed by atoms with van der Waals surface area (Å²) in [7, 11) is 5.36. The van der Waals surface area contributed by atoms with Crippen molar-refractivity contribution in [3.8, 4) is 17.4 Å². The lowest BCUT2D eigenvalue weighted by molar-refractivity contribution is 0.118. The van der Waals surface area contributed by atoms with Gasteiger partial charge in [-0.05, 0) is 31.8 Å². The molecular formula is C25H28N6O3. The molecule has 9 nitrogen and oxygen atoms in total. The number of hydrogen-bond acceptors (Lipinski definition) is 9. The average molecular weight is 461 g/mol. The molecule has 0 bridgehead atoms. The number of aromatic nitrogens is 4. The van der Waals surface area contributed by atoms with E-state index in [1.54, 1.807) is 26.7 Å². The normalized spacial score (nSPS) is 18.1. The Labute approximate surface area is 198 Å². The first kappa shape index (κ1) is 22.1. The van der Waals surface area contributed by atoms with E-state index in [0.29, 0.717) is 23.9 Å². The highest BCUT2D eigenvalue weighted by Crippen LogP contribution is 2.36. The van der Waals surface area contributed by atoms with Gasteiger partial charge in [-0.25, -0.2) is 19.9 Å². The average Bonchev–Trinajstić information content (AvgIpc) is 3.30. The summed E-state index contributed by atoms with van der Waals surface area (Å²) in [6.07, 6.45) is 3.18. The second kappa shape index (κ2) is 9.26. The highest BCUT2D eigenvalue weighted by molar-refractivity contribution is 5.92. The number of hydrogen-bond donors (Lipinski definition) is 0. The van der Waals surface area contributed by atoms with E-state index < -0.39 is 0 Å². The standard InChI is InChI=1S/C25H28N6O3/c1-5-30(2)20-13-31(14-23(20)34-24-12-26-17-8-6-7-9-18(17)29-24)25-16-10-21(32-3)22(33-4)11-19(16)27-15-28-25/h6-12,15,20,23H,5,13-14H2,1-4H3. The largest absolute Gasteiger partial charge is 0.493 e. The molecule has 0 N–H and O–H groups in total. The van der Waals surface area contributed by atoms with Crippen molar-refractivity contribution in [2.45, 2.75) is 19.1 Å². The van der Waals surface area contributed by atoms with Crippen LogP contribution >= 0.6 is 0 Å². The molecule has 1 fully saturated rings. The first-order valence-electron chi connectivity index (χ1n) is 11.3. The zero-order valence-corrected chi connectivity index (χ0v) is 19.8. The van der Waals surface area contributed by atoms with Crippen molar-refractivity contribution in [2.75, 3.05) is 45.8 Å². The van der Waals surface area contributed by atoms with Crippen molar-refractivity contribution in [2.24, 2.45) is 0 Å². The second-order valence-corrected chi connectivity index (χ2v) is 8.32. The smallest absolute Gasteiger partial charge is 0.233 e. The summed E-state index contributed by atoms with van der Waals surface area (Å²) in [5, 5.41) is 0.907. The molecule has 1 saturated heterocycles. The van der Waals surface area contributed by atoms with Crippen molar-refractivity contribution >= 4 is 27.8 Å². The number of methoxy groups -OCH3 is 2. The lowest BCUT2D eigenvalue weighted by atomic mass is 10.2. The van der Waals surface area contributed by atoms with Gasteiger partial charge >= 0.3 is 0 Å². The molecule has 5 rings (SSSR count). The van der Waals surface area contributed by atoms with Crippen molar-refractivity contribution in [1.82, 2.24) is 24.8 Å². The van der Waals surface area contributed by atoms with E-state index in [1.165, 1.54) is 0 Å². The van der Waals surface area contributed by atoms with Gasteiger partial charge in [0.2, 0.25) is 5.88 Å². The van der Waals surface area contributed by atoms with Crippen LogP contribution in [0.3, 0.4) is 0 Å². The van der Waals surface area contributed by atoms with Crippen LogP contribution in [0.2, 0.25) is 0 Å². The van der Waals surface area contributed by atoms with E-state index in [-0.39, 0.29) is 12.1 Å². The SMILES string of the molecule is CCN(C)C1CN(c2ncnc3cc(OC)c(OC)cc23)CC1Oc1cnc2ccccc2n1. The minimum atomic E-state index is -0.106. The molecule has 3 heterocycles. The van der Waals surface area contributed by atoms with Gasteiger partial charge in [0, 0.05) is 18.0 Å². The molecular weight excluding hydrogens is 432 g/mol. The predicted octanol–water partition coefficient (Wildman–Crippen LogP) is 3.18. The van der Waals surface area contributed by atoms with Crippen LogP contribution in [0.4, 0.5) is 5.82 Å². The molecule has 9 heteroatoms. The molecule has 176 valence electrons. The number of nitrogens with zero attached hydrogens (tertiary/aromatic N) is 6. The van der Waals surface area contributed by atoms with E-state index in [4.69, 9.17) is 14.2 Å². The fourth-order valence-corrected chi connectivity index (χ4v) is 4.48. The van der Waals surface area contributed by atoms with Crippen LogP contribution in [-0.2, 0) is 0 Å². The molecule has 0 spiro atoms.